The minimum absolute atomic E-state index is 0.0952. The molecule has 0 heterocycles. The molecule has 0 aliphatic rings. The minimum Gasteiger partial charge on any atom is -0.469 e. The molecule has 0 saturated carbocycles. The summed E-state index contributed by atoms with van der Waals surface area (Å²) in [4.78, 5) is 12.0. The molecule has 0 spiro atoms. The number of carbonyl (C=O) groups is 1. The Morgan fingerprint density at radius 3 is 2.05 bits per heavy atom. The molecule has 0 bridgehead atoms. The van der Waals surface area contributed by atoms with Gasteiger partial charge in [-0.15, -0.1) is 0 Å². The summed E-state index contributed by atoms with van der Waals surface area (Å²) in [6.07, 6.45) is 0.597. The van der Waals surface area contributed by atoms with E-state index >= 15 is 0 Å². The van der Waals surface area contributed by atoms with E-state index in [1.807, 2.05) is 26.8 Å². The van der Waals surface area contributed by atoms with Crippen LogP contribution in [0.1, 0.15) is 34.6 Å². The van der Waals surface area contributed by atoms with Crippen LogP contribution in [-0.4, -0.2) is 20.3 Å². The van der Waals surface area contributed by atoms with Gasteiger partial charge >= 0.3 is 5.97 Å². The van der Waals surface area contributed by atoms with Gasteiger partial charge in [0, 0.05) is 0 Å². The first kappa shape index (κ1) is 16.0. The van der Waals surface area contributed by atoms with Gasteiger partial charge < -0.3 is 4.74 Å². The molecule has 0 aromatic heterocycles. The van der Waals surface area contributed by atoms with Crippen molar-refractivity contribution in [1.29, 1.82) is 0 Å². The van der Waals surface area contributed by atoms with E-state index in [0.717, 1.165) is 12.1 Å². The molecule has 2 nitrogen and oxygen atoms in total. The zero-order valence-corrected chi connectivity index (χ0v) is 13.8. The zero-order chi connectivity index (χ0) is 14.5. The van der Waals surface area contributed by atoms with Crippen molar-refractivity contribution in [3.63, 3.8) is 0 Å². The van der Waals surface area contributed by atoms with Crippen LogP contribution < -0.4 is 5.19 Å². The van der Waals surface area contributed by atoms with Gasteiger partial charge in [0.25, 0.3) is 0 Å². The van der Waals surface area contributed by atoms with Crippen LogP contribution in [0.5, 0.6) is 0 Å². The highest BCUT2D eigenvalue weighted by Gasteiger charge is 2.34. The number of hydrogen-bond donors (Lipinski definition) is 0. The molecule has 0 radical (unpaired) electrons. The van der Waals surface area contributed by atoms with Crippen LogP contribution in [0.25, 0.3) is 0 Å². The van der Waals surface area contributed by atoms with Crippen LogP contribution in [0.3, 0.4) is 0 Å². The Bertz CT molecular complexity index is 403. The summed E-state index contributed by atoms with van der Waals surface area (Å²) in [6.45, 7) is 10.1. The van der Waals surface area contributed by atoms with Crippen LogP contribution in [0.15, 0.2) is 30.3 Å². The number of rotatable bonds is 5. The molecule has 0 saturated heterocycles. The first-order valence-electron chi connectivity index (χ1n) is 7.08. The van der Waals surface area contributed by atoms with Crippen LogP contribution in [0.2, 0.25) is 12.1 Å². The number of esters is 1. The van der Waals surface area contributed by atoms with E-state index in [0.29, 0.717) is 6.23 Å². The van der Waals surface area contributed by atoms with Gasteiger partial charge in [0.2, 0.25) is 0 Å². The van der Waals surface area contributed by atoms with Gasteiger partial charge in [0.1, 0.15) is 8.07 Å². The lowest BCUT2D eigenvalue weighted by molar-refractivity contribution is -0.151. The molecule has 1 aromatic rings. The summed E-state index contributed by atoms with van der Waals surface area (Å²) < 4.78 is 5.63. The highest BCUT2D eigenvalue weighted by Crippen LogP contribution is 2.20. The van der Waals surface area contributed by atoms with Crippen LogP contribution in [0, 0.1) is 5.41 Å². The molecule has 3 heteroatoms. The Labute approximate surface area is 118 Å². The van der Waals surface area contributed by atoms with Crippen molar-refractivity contribution >= 4 is 19.2 Å². The fourth-order valence-corrected chi connectivity index (χ4v) is 5.36. The first-order valence-corrected chi connectivity index (χ1v) is 9.70. The van der Waals surface area contributed by atoms with E-state index in [1.165, 1.54) is 5.19 Å². The average molecular weight is 278 g/mol. The van der Waals surface area contributed by atoms with E-state index in [9.17, 15) is 4.79 Å². The molecule has 19 heavy (non-hydrogen) atoms. The largest absolute Gasteiger partial charge is 0.469 e. The molecular formula is C16H26O2Si. The van der Waals surface area contributed by atoms with Gasteiger partial charge in [-0.05, 0) is 20.8 Å². The van der Waals surface area contributed by atoms with Crippen molar-refractivity contribution in [2.24, 2.45) is 5.41 Å². The molecule has 0 amide bonds. The predicted molar refractivity (Wildman–Crippen MR) is 83.2 cm³/mol. The third-order valence-electron chi connectivity index (χ3n) is 3.83. The Hall–Kier alpha value is -1.09. The van der Waals surface area contributed by atoms with Crippen molar-refractivity contribution in [3.8, 4) is 0 Å². The number of hydrogen-bond acceptors (Lipinski definition) is 2. The van der Waals surface area contributed by atoms with Crippen molar-refractivity contribution in [2.45, 2.75) is 46.7 Å². The van der Waals surface area contributed by atoms with Crippen LogP contribution in [-0.2, 0) is 9.53 Å². The summed E-state index contributed by atoms with van der Waals surface area (Å²) in [5, 5.41) is 1.39. The maximum absolute atomic E-state index is 12.0. The van der Waals surface area contributed by atoms with E-state index in [2.05, 4.69) is 38.1 Å². The average Bonchev–Trinajstić information content (AvgIpc) is 2.40. The Kier molecular flexibility index (Phi) is 5.35. The summed E-state index contributed by atoms with van der Waals surface area (Å²) in [7, 11) is -1.70. The number of benzene rings is 1. The summed E-state index contributed by atoms with van der Waals surface area (Å²) in [5.74, 6) is -0.0952. The SMILES string of the molecule is CC[Si](CC)(COC(=O)C(C)(C)C)c1ccccc1. The van der Waals surface area contributed by atoms with Gasteiger partial charge in [-0.25, -0.2) is 0 Å². The fourth-order valence-electron chi connectivity index (χ4n) is 2.16. The molecular weight excluding hydrogens is 252 g/mol. The standard InChI is InChI=1S/C16H26O2Si/c1-6-19(7-2,14-11-9-8-10-12-14)13-18-15(17)16(3,4)5/h8-12H,6-7,13H2,1-5H3. The molecule has 0 fully saturated rings. The second-order valence-corrected chi connectivity index (χ2v) is 11.0. The second-order valence-electron chi connectivity index (χ2n) is 6.18. The maximum atomic E-state index is 12.0. The maximum Gasteiger partial charge on any atom is 0.310 e. The van der Waals surface area contributed by atoms with E-state index in [-0.39, 0.29) is 5.97 Å². The molecule has 1 aromatic carbocycles. The smallest absolute Gasteiger partial charge is 0.310 e. The quantitative estimate of drug-likeness (QED) is 0.608. The van der Waals surface area contributed by atoms with E-state index in [4.69, 9.17) is 4.74 Å². The summed E-state index contributed by atoms with van der Waals surface area (Å²) in [6, 6.07) is 12.8. The van der Waals surface area contributed by atoms with Crippen molar-refractivity contribution < 1.29 is 9.53 Å². The topological polar surface area (TPSA) is 26.3 Å². The lowest BCUT2D eigenvalue weighted by Crippen LogP contribution is -2.52. The van der Waals surface area contributed by atoms with Crippen molar-refractivity contribution in [3.05, 3.63) is 30.3 Å². The predicted octanol–water partition coefficient (Wildman–Crippen LogP) is 3.51. The summed E-state index contributed by atoms with van der Waals surface area (Å²) in [5.41, 5.74) is -0.418. The highest BCUT2D eigenvalue weighted by atomic mass is 28.3. The fraction of sp³-hybridized carbons (Fsp3) is 0.562. The summed E-state index contributed by atoms with van der Waals surface area (Å²) >= 11 is 0. The molecule has 0 aliphatic carbocycles. The molecule has 106 valence electrons. The zero-order valence-electron chi connectivity index (χ0n) is 12.8. The number of carbonyl (C=O) groups excluding carboxylic acids is 1. The van der Waals surface area contributed by atoms with Crippen LogP contribution >= 0.6 is 0 Å². The Balaban J connectivity index is 2.87. The van der Waals surface area contributed by atoms with Crippen molar-refractivity contribution in [2.75, 3.05) is 6.23 Å². The third-order valence-corrected chi connectivity index (χ3v) is 8.79. The van der Waals surface area contributed by atoms with Gasteiger partial charge in [-0.2, -0.15) is 0 Å². The molecule has 1 rings (SSSR count). The highest BCUT2D eigenvalue weighted by molar-refractivity contribution is 6.91. The van der Waals surface area contributed by atoms with E-state index in [1.54, 1.807) is 0 Å². The van der Waals surface area contributed by atoms with Gasteiger partial charge in [-0.3, -0.25) is 4.79 Å². The van der Waals surface area contributed by atoms with Crippen molar-refractivity contribution in [1.82, 2.24) is 0 Å². The minimum atomic E-state index is -1.70. The van der Waals surface area contributed by atoms with Gasteiger partial charge in [0.05, 0.1) is 11.6 Å². The van der Waals surface area contributed by atoms with Crippen LogP contribution in [0.4, 0.5) is 0 Å². The molecule has 0 aliphatic heterocycles. The normalized spacial score (nSPS) is 12.3. The molecule has 0 atom stereocenters. The van der Waals surface area contributed by atoms with E-state index < -0.39 is 13.5 Å². The van der Waals surface area contributed by atoms with Gasteiger partial charge in [-0.1, -0.05) is 61.5 Å². The molecule has 0 unspecified atom stereocenters. The monoisotopic (exact) mass is 278 g/mol. The second kappa shape index (κ2) is 6.37. The number of ether oxygens (including phenoxy) is 1. The lowest BCUT2D eigenvalue weighted by atomic mass is 9.98. The Morgan fingerprint density at radius 1 is 1.11 bits per heavy atom. The Morgan fingerprint density at radius 2 is 1.63 bits per heavy atom. The molecule has 0 N–H and O–H groups in total. The lowest BCUT2D eigenvalue weighted by Gasteiger charge is -2.30. The van der Waals surface area contributed by atoms with Gasteiger partial charge in [0.15, 0.2) is 0 Å². The first-order chi connectivity index (χ1) is 8.85. The third kappa shape index (κ3) is 3.93.